The number of anilines is 4. The molecular formula is C19H15F3N10O. The Morgan fingerprint density at radius 2 is 1.97 bits per heavy atom. The van der Waals surface area contributed by atoms with E-state index in [4.69, 9.17) is 11.1 Å². The number of H-pyrrole nitrogens is 1. The number of hydrogen-bond acceptors (Lipinski definition) is 8. The maximum Gasteiger partial charge on any atom is 0.451 e. The van der Waals surface area contributed by atoms with Crippen LogP contribution in [0.1, 0.15) is 22.0 Å². The fraction of sp³-hybridized carbons (Fsp3) is 0.0526. The zero-order valence-electron chi connectivity index (χ0n) is 16.6. The number of nitrogen functional groups attached to an aromatic ring is 1. The van der Waals surface area contributed by atoms with Gasteiger partial charge in [0.2, 0.25) is 11.6 Å². The van der Waals surface area contributed by atoms with Gasteiger partial charge in [-0.05, 0) is 30.3 Å². The standard InChI is InChI=1S/C19H15F3N10O/c20-19(21,22)18-28-16(29-30-18)17(33)27-13-2-1-3-15(26-13)32-7-6-14(31-32)25-11-4-5-12(24)10(8-11)9-23/h1-9,23H,24H2,(H,25,31)(H,26,27,33)(H,28,29,30). The second-order valence-electron chi connectivity index (χ2n) is 6.60. The first-order valence-corrected chi connectivity index (χ1v) is 9.24. The average Bonchev–Trinajstić information content (AvgIpc) is 3.45. The Morgan fingerprint density at radius 3 is 2.70 bits per heavy atom. The van der Waals surface area contributed by atoms with Gasteiger partial charge in [0.15, 0.2) is 11.6 Å². The van der Waals surface area contributed by atoms with Crippen molar-refractivity contribution in [2.45, 2.75) is 6.18 Å². The van der Waals surface area contributed by atoms with Crippen molar-refractivity contribution >= 4 is 35.1 Å². The minimum absolute atomic E-state index is 0.0648. The van der Waals surface area contributed by atoms with Gasteiger partial charge < -0.3 is 21.8 Å². The zero-order valence-corrected chi connectivity index (χ0v) is 16.6. The number of carbonyl (C=O) groups excluding carboxylic acids is 1. The van der Waals surface area contributed by atoms with E-state index in [0.717, 1.165) is 6.21 Å². The lowest BCUT2D eigenvalue weighted by Gasteiger charge is -2.07. The van der Waals surface area contributed by atoms with Gasteiger partial charge in [0.25, 0.3) is 5.91 Å². The average molecular weight is 456 g/mol. The third-order valence-corrected chi connectivity index (χ3v) is 4.27. The van der Waals surface area contributed by atoms with Crippen LogP contribution in [0.3, 0.4) is 0 Å². The molecule has 168 valence electrons. The van der Waals surface area contributed by atoms with Crippen LogP contribution in [0, 0.1) is 5.41 Å². The van der Waals surface area contributed by atoms with Crippen LogP contribution in [0.5, 0.6) is 0 Å². The maximum atomic E-state index is 12.6. The van der Waals surface area contributed by atoms with Crippen LogP contribution in [0.15, 0.2) is 48.7 Å². The molecule has 33 heavy (non-hydrogen) atoms. The molecule has 11 nitrogen and oxygen atoms in total. The van der Waals surface area contributed by atoms with Crippen molar-refractivity contribution in [3.63, 3.8) is 0 Å². The van der Waals surface area contributed by atoms with E-state index in [-0.39, 0.29) is 5.82 Å². The first kappa shape index (κ1) is 21.5. The molecule has 0 radical (unpaired) electrons. The predicted molar refractivity (Wildman–Crippen MR) is 113 cm³/mol. The Labute approximate surface area is 183 Å². The van der Waals surface area contributed by atoms with Gasteiger partial charge in [0.1, 0.15) is 5.82 Å². The monoisotopic (exact) mass is 456 g/mol. The molecular weight excluding hydrogens is 441 g/mol. The summed E-state index contributed by atoms with van der Waals surface area (Å²) in [6, 6.07) is 11.4. The second-order valence-corrected chi connectivity index (χ2v) is 6.60. The van der Waals surface area contributed by atoms with E-state index in [0.29, 0.717) is 28.6 Å². The molecule has 0 bridgehead atoms. The quantitative estimate of drug-likeness (QED) is 0.220. The summed E-state index contributed by atoms with van der Waals surface area (Å²) in [6.07, 6.45) is -1.98. The highest BCUT2D eigenvalue weighted by Gasteiger charge is 2.36. The number of alkyl halides is 3. The Morgan fingerprint density at radius 1 is 1.15 bits per heavy atom. The molecule has 14 heteroatoms. The summed E-state index contributed by atoms with van der Waals surface area (Å²) >= 11 is 0. The first-order chi connectivity index (χ1) is 15.7. The van der Waals surface area contributed by atoms with Gasteiger partial charge in [-0.15, -0.1) is 10.2 Å². The minimum Gasteiger partial charge on any atom is -0.398 e. The number of nitrogens with two attached hydrogens (primary N) is 1. The van der Waals surface area contributed by atoms with Crippen LogP contribution in [-0.2, 0) is 6.18 Å². The molecule has 0 aliphatic carbocycles. The van der Waals surface area contributed by atoms with Crippen LogP contribution in [0.2, 0.25) is 0 Å². The Hall–Kier alpha value is -4.75. The number of aromatic amines is 1. The molecule has 0 unspecified atom stereocenters. The number of carbonyl (C=O) groups is 1. The number of pyridine rings is 1. The van der Waals surface area contributed by atoms with Gasteiger partial charge in [-0.1, -0.05) is 6.07 Å². The van der Waals surface area contributed by atoms with Crippen molar-refractivity contribution in [3.8, 4) is 5.82 Å². The summed E-state index contributed by atoms with van der Waals surface area (Å²) in [4.78, 5) is 19.5. The lowest BCUT2D eigenvalue weighted by atomic mass is 10.2. The number of nitrogens with zero attached hydrogens (tertiary/aromatic N) is 5. The van der Waals surface area contributed by atoms with E-state index in [9.17, 15) is 18.0 Å². The fourth-order valence-electron chi connectivity index (χ4n) is 2.73. The molecule has 0 atom stereocenters. The normalized spacial score (nSPS) is 11.2. The number of halogens is 3. The van der Waals surface area contributed by atoms with Gasteiger partial charge in [-0.25, -0.2) is 9.67 Å². The smallest absolute Gasteiger partial charge is 0.398 e. The molecule has 0 saturated carbocycles. The summed E-state index contributed by atoms with van der Waals surface area (Å²) < 4.78 is 39.3. The van der Waals surface area contributed by atoms with Crippen LogP contribution in [0.4, 0.5) is 36.2 Å². The van der Waals surface area contributed by atoms with Gasteiger partial charge in [0, 0.05) is 35.4 Å². The number of hydrogen-bond donors (Lipinski definition) is 5. The van der Waals surface area contributed by atoms with E-state index in [1.807, 2.05) is 0 Å². The van der Waals surface area contributed by atoms with Gasteiger partial charge in [-0.3, -0.25) is 9.89 Å². The minimum atomic E-state index is -4.75. The molecule has 1 amide bonds. The van der Waals surface area contributed by atoms with Gasteiger partial charge in [0.05, 0.1) is 0 Å². The highest BCUT2D eigenvalue weighted by atomic mass is 19.4. The molecule has 4 aromatic rings. The van der Waals surface area contributed by atoms with Gasteiger partial charge in [-0.2, -0.15) is 18.2 Å². The van der Waals surface area contributed by atoms with Crippen molar-refractivity contribution in [2.24, 2.45) is 0 Å². The number of benzene rings is 1. The fourth-order valence-corrected chi connectivity index (χ4v) is 2.73. The Kier molecular flexibility index (Phi) is 5.47. The summed E-state index contributed by atoms with van der Waals surface area (Å²) in [5.74, 6) is -2.13. The van der Waals surface area contributed by atoms with Crippen molar-refractivity contribution in [1.29, 1.82) is 5.41 Å². The van der Waals surface area contributed by atoms with E-state index in [1.165, 1.54) is 10.7 Å². The van der Waals surface area contributed by atoms with E-state index >= 15 is 0 Å². The van der Waals surface area contributed by atoms with Crippen molar-refractivity contribution in [1.82, 2.24) is 29.9 Å². The van der Waals surface area contributed by atoms with Gasteiger partial charge >= 0.3 is 6.18 Å². The van der Waals surface area contributed by atoms with E-state index in [1.54, 1.807) is 47.7 Å². The first-order valence-electron chi connectivity index (χ1n) is 9.24. The van der Waals surface area contributed by atoms with Crippen LogP contribution < -0.4 is 16.4 Å². The van der Waals surface area contributed by atoms with Crippen LogP contribution in [0.25, 0.3) is 5.82 Å². The second kappa shape index (κ2) is 8.41. The number of rotatable bonds is 6. The van der Waals surface area contributed by atoms with E-state index < -0.39 is 23.7 Å². The molecule has 4 rings (SSSR count). The summed E-state index contributed by atoms with van der Waals surface area (Å²) in [7, 11) is 0. The lowest BCUT2D eigenvalue weighted by Crippen LogP contribution is -2.16. The summed E-state index contributed by atoms with van der Waals surface area (Å²) in [5.41, 5.74) is 7.49. The molecule has 0 aliphatic rings. The third-order valence-electron chi connectivity index (χ3n) is 4.27. The lowest BCUT2D eigenvalue weighted by molar-refractivity contribution is -0.144. The summed E-state index contributed by atoms with van der Waals surface area (Å²) in [6.45, 7) is 0. The van der Waals surface area contributed by atoms with Crippen LogP contribution >= 0.6 is 0 Å². The molecule has 0 fully saturated rings. The molecule has 0 aliphatic heterocycles. The van der Waals surface area contributed by atoms with Crippen molar-refractivity contribution in [3.05, 3.63) is 65.9 Å². The highest BCUT2D eigenvalue weighted by molar-refractivity contribution is 6.00. The third kappa shape index (κ3) is 4.79. The highest BCUT2D eigenvalue weighted by Crippen LogP contribution is 2.25. The van der Waals surface area contributed by atoms with Crippen molar-refractivity contribution < 1.29 is 18.0 Å². The largest absolute Gasteiger partial charge is 0.451 e. The Bertz CT molecular complexity index is 1330. The molecule has 0 spiro atoms. The number of aromatic nitrogens is 6. The van der Waals surface area contributed by atoms with Crippen molar-refractivity contribution in [2.75, 3.05) is 16.4 Å². The molecule has 6 N–H and O–H groups in total. The number of nitrogens with one attached hydrogen (secondary N) is 4. The predicted octanol–water partition coefficient (Wildman–Crippen LogP) is 2.98. The Balaban J connectivity index is 1.48. The molecule has 3 aromatic heterocycles. The topological polar surface area (TPSA) is 163 Å². The number of amides is 1. The zero-order chi connectivity index (χ0) is 23.6. The van der Waals surface area contributed by atoms with E-state index in [2.05, 4.69) is 30.8 Å². The molecule has 1 aromatic carbocycles. The SMILES string of the molecule is N=Cc1cc(Nc2ccn(-c3cccc(NC(=O)c4n[nH]c(C(F)(F)F)n4)n3)n2)ccc1N. The van der Waals surface area contributed by atoms with Crippen LogP contribution in [-0.4, -0.2) is 42.1 Å². The summed E-state index contributed by atoms with van der Waals surface area (Å²) in [5, 5.41) is 22.1. The molecule has 0 saturated heterocycles. The molecule has 3 heterocycles. The maximum absolute atomic E-state index is 12.6.